The molecule has 142 valence electrons. The van der Waals surface area contributed by atoms with E-state index in [0.717, 1.165) is 25.0 Å². The van der Waals surface area contributed by atoms with E-state index in [-0.39, 0.29) is 5.41 Å². The monoisotopic (exact) mass is 356 g/mol. The third-order valence-corrected chi connectivity index (χ3v) is 9.06. The largest absolute Gasteiger partial charge is 0.497 e. The normalized spacial score (nSPS) is 48.2. The van der Waals surface area contributed by atoms with Crippen molar-refractivity contribution in [1.29, 1.82) is 0 Å². The van der Waals surface area contributed by atoms with E-state index in [2.05, 4.69) is 32.0 Å². The van der Waals surface area contributed by atoms with Gasteiger partial charge >= 0.3 is 0 Å². The van der Waals surface area contributed by atoms with Crippen LogP contribution in [-0.4, -0.2) is 31.5 Å². The Kier molecular flexibility index (Phi) is 3.45. The van der Waals surface area contributed by atoms with E-state index in [0.29, 0.717) is 35.7 Å². The fourth-order valence-corrected chi connectivity index (χ4v) is 8.00. The van der Waals surface area contributed by atoms with Crippen LogP contribution >= 0.6 is 0 Å². The van der Waals surface area contributed by atoms with E-state index in [1.165, 1.54) is 18.4 Å². The molecule has 0 amide bonds. The molecule has 3 heteroatoms. The summed E-state index contributed by atoms with van der Waals surface area (Å²) in [7, 11) is 3.49. The molecule has 0 radical (unpaired) electrons. The summed E-state index contributed by atoms with van der Waals surface area (Å²) in [4.78, 5) is 0. The van der Waals surface area contributed by atoms with Crippen molar-refractivity contribution in [3.63, 3.8) is 0 Å². The summed E-state index contributed by atoms with van der Waals surface area (Å²) in [5, 5.41) is 11.5. The van der Waals surface area contributed by atoms with Crippen molar-refractivity contribution in [3.05, 3.63) is 29.3 Å². The summed E-state index contributed by atoms with van der Waals surface area (Å²) in [6, 6.07) is 6.72. The molecule has 0 bridgehead atoms. The van der Waals surface area contributed by atoms with Crippen molar-refractivity contribution >= 4 is 0 Å². The number of hydrogen-bond acceptors (Lipinski definition) is 3. The van der Waals surface area contributed by atoms with Gasteiger partial charge in [0.2, 0.25) is 0 Å². The summed E-state index contributed by atoms with van der Waals surface area (Å²) >= 11 is 0. The van der Waals surface area contributed by atoms with Crippen molar-refractivity contribution in [1.82, 2.24) is 0 Å². The third-order valence-electron chi connectivity index (χ3n) is 9.06. The molecule has 1 spiro atoms. The molecule has 0 saturated heterocycles. The first-order valence-corrected chi connectivity index (χ1v) is 10.3. The SMILES string of the molecule is COCC1(O)CC2C[C@@]23[C@@H]2C(C)Cc4cc(OC)ccc4[C@H]2CC[C@]13C. The summed E-state index contributed by atoms with van der Waals surface area (Å²) in [6.07, 6.45) is 5.68. The maximum absolute atomic E-state index is 11.5. The first kappa shape index (κ1) is 17.1. The highest BCUT2D eigenvalue weighted by Gasteiger charge is 2.81. The van der Waals surface area contributed by atoms with Crippen LogP contribution in [0.4, 0.5) is 0 Å². The van der Waals surface area contributed by atoms with Gasteiger partial charge in [0.15, 0.2) is 0 Å². The lowest BCUT2D eigenvalue weighted by atomic mass is 9.48. The zero-order valence-corrected chi connectivity index (χ0v) is 16.5. The highest BCUT2D eigenvalue weighted by Crippen LogP contribution is 2.84. The topological polar surface area (TPSA) is 38.7 Å². The molecule has 1 N–H and O–H groups in total. The Morgan fingerprint density at radius 1 is 1.23 bits per heavy atom. The van der Waals surface area contributed by atoms with E-state index in [1.807, 2.05) is 0 Å². The molecule has 1 aromatic carbocycles. The molecular formula is C23H32O3. The molecule has 26 heavy (non-hydrogen) atoms. The number of hydrogen-bond donors (Lipinski definition) is 1. The van der Waals surface area contributed by atoms with Crippen LogP contribution in [0.1, 0.15) is 56.6 Å². The fraction of sp³-hybridized carbons (Fsp3) is 0.739. The minimum Gasteiger partial charge on any atom is -0.497 e. The standard InChI is InChI=1S/C23H32O3/c1-14-9-15-10-17(26-4)5-6-18(15)19-7-8-21(2)22(24,13-25-3)11-16-12-23(16,21)20(14)19/h5-6,10,14,16,19-20,24H,7-9,11-13H2,1-4H3/t14?,16?,19-,20-,21-,22?,23+/m1/s1. The van der Waals surface area contributed by atoms with Crippen LogP contribution in [0.2, 0.25) is 0 Å². The number of fused-ring (bicyclic) bond motifs is 3. The van der Waals surface area contributed by atoms with Gasteiger partial charge in [0, 0.05) is 12.5 Å². The Bertz CT molecular complexity index is 745. The maximum atomic E-state index is 11.5. The highest BCUT2D eigenvalue weighted by molar-refractivity contribution is 5.43. The van der Waals surface area contributed by atoms with Crippen LogP contribution in [0.15, 0.2) is 18.2 Å². The Hall–Kier alpha value is -1.06. The number of aliphatic hydroxyl groups is 1. The fourth-order valence-electron chi connectivity index (χ4n) is 8.00. The van der Waals surface area contributed by atoms with E-state index >= 15 is 0 Å². The quantitative estimate of drug-likeness (QED) is 0.883. The van der Waals surface area contributed by atoms with Crippen LogP contribution in [-0.2, 0) is 11.2 Å². The van der Waals surface area contributed by atoms with Crippen LogP contribution in [0, 0.1) is 28.6 Å². The average molecular weight is 357 g/mol. The van der Waals surface area contributed by atoms with E-state index < -0.39 is 5.60 Å². The van der Waals surface area contributed by atoms with Gasteiger partial charge < -0.3 is 14.6 Å². The predicted octanol–water partition coefficient (Wildman–Crippen LogP) is 4.17. The van der Waals surface area contributed by atoms with Crippen molar-refractivity contribution < 1.29 is 14.6 Å². The second-order valence-electron chi connectivity index (χ2n) is 9.86. The molecule has 1 aromatic rings. The van der Waals surface area contributed by atoms with E-state index in [1.54, 1.807) is 19.8 Å². The number of methoxy groups -OCH3 is 2. The van der Waals surface area contributed by atoms with Crippen LogP contribution in [0.5, 0.6) is 5.75 Å². The maximum Gasteiger partial charge on any atom is 0.119 e. The van der Waals surface area contributed by atoms with Crippen LogP contribution in [0.25, 0.3) is 0 Å². The van der Waals surface area contributed by atoms with Crippen molar-refractivity contribution in [3.8, 4) is 5.75 Å². The molecule has 0 aliphatic heterocycles. The van der Waals surface area contributed by atoms with Gasteiger partial charge in [0.1, 0.15) is 5.75 Å². The lowest BCUT2D eigenvalue weighted by molar-refractivity contribution is -0.161. The zero-order valence-electron chi connectivity index (χ0n) is 16.5. The van der Waals surface area contributed by atoms with Crippen LogP contribution in [0.3, 0.4) is 0 Å². The lowest BCUT2D eigenvalue weighted by Crippen LogP contribution is -2.57. The van der Waals surface area contributed by atoms with E-state index in [9.17, 15) is 5.11 Å². The van der Waals surface area contributed by atoms with Gasteiger partial charge in [-0.15, -0.1) is 0 Å². The summed E-state index contributed by atoms with van der Waals surface area (Å²) in [5.41, 5.74) is 2.72. The zero-order chi connectivity index (χ0) is 18.3. The molecule has 3 unspecified atom stereocenters. The van der Waals surface area contributed by atoms with E-state index in [4.69, 9.17) is 9.47 Å². The summed E-state index contributed by atoms with van der Waals surface area (Å²) in [5.74, 6) is 3.66. The molecule has 3 fully saturated rings. The Morgan fingerprint density at radius 2 is 2.04 bits per heavy atom. The van der Waals surface area contributed by atoms with Crippen molar-refractivity contribution in [2.75, 3.05) is 20.8 Å². The molecule has 4 aliphatic carbocycles. The minimum absolute atomic E-state index is 0.0000764. The Labute approximate surface area is 157 Å². The predicted molar refractivity (Wildman–Crippen MR) is 101 cm³/mol. The Balaban J connectivity index is 1.57. The molecule has 3 nitrogen and oxygen atoms in total. The minimum atomic E-state index is -0.643. The molecular weight excluding hydrogens is 324 g/mol. The van der Waals surface area contributed by atoms with Gasteiger partial charge in [-0.1, -0.05) is 19.9 Å². The highest BCUT2D eigenvalue weighted by atomic mass is 16.5. The molecule has 0 aromatic heterocycles. The van der Waals surface area contributed by atoms with Gasteiger partial charge in [0.05, 0.1) is 19.3 Å². The van der Waals surface area contributed by atoms with Gasteiger partial charge in [-0.25, -0.2) is 0 Å². The second-order valence-corrected chi connectivity index (χ2v) is 9.86. The first-order valence-electron chi connectivity index (χ1n) is 10.3. The van der Waals surface area contributed by atoms with Gasteiger partial charge in [-0.3, -0.25) is 0 Å². The molecule has 7 atom stereocenters. The number of benzene rings is 1. The third kappa shape index (κ3) is 1.82. The average Bonchev–Trinajstić information content (AvgIpc) is 3.26. The molecule has 0 heterocycles. The summed E-state index contributed by atoms with van der Waals surface area (Å²) < 4.78 is 11.0. The number of rotatable bonds is 3. The second kappa shape index (κ2) is 5.26. The van der Waals surface area contributed by atoms with Crippen LogP contribution < -0.4 is 4.74 Å². The van der Waals surface area contributed by atoms with Gasteiger partial charge in [-0.05, 0) is 84.5 Å². The smallest absolute Gasteiger partial charge is 0.119 e. The summed E-state index contributed by atoms with van der Waals surface area (Å²) in [6.45, 7) is 5.32. The van der Waals surface area contributed by atoms with Gasteiger partial charge in [0.25, 0.3) is 0 Å². The Morgan fingerprint density at radius 3 is 2.77 bits per heavy atom. The molecule has 3 saturated carbocycles. The van der Waals surface area contributed by atoms with Crippen molar-refractivity contribution in [2.24, 2.45) is 28.6 Å². The molecule has 5 rings (SSSR count). The number of ether oxygens (including phenoxy) is 2. The first-order chi connectivity index (χ1) is 12.4. The van der Waals surface area contributed by atoms with Gasteiger partial charge in [-0.2, -0.15) is 0 Å². The lowest BCUT2D eigenvalue weighted by Gasteiger charge is -2.57. The van der Waals surface area contributed by atoms with Crippen molar-refractivity contribution in [2.45, 2.75) is 57.5 Å². The molecule has 4 aliphatic rings.